The molecular formula is C13H25NO2. The molecule has 94 valence electrons. The van der Waals surface area contributed by atoms with Crippen molar-refractivity contribution in [3.05, 3.63) is 0 Å². The molecule has 0 spiro atoms. The number of hydrogen-bond donors (Lipinski definition) is 1. The van der Waals surface area contributed by atoms with Gasteiger partial charge in [-0.3, -0.25) is 4.79 Å². The highest BCUT2D eigenvalue weighted by atomic mass is 16.3. The van der Waals surface area contributed by atoms with Crippen LogP contribution in [0.15, 0.2) is 0 Å². The maximum Gasteiger partial charge on any atom is 0.225 e. The molecule has 1 aliphatic carbocycles. The second-order valence-corrected chi connectivity index (χ2v) is 5.02. The van der Waals surface area contributed by atoms with Gasteiger partial charge >= 0.3 is 0 Å². The molecule has 1 aliphatic rings. The fourth-order valence-electron chi connectivity index (χ4n) is 2.33. The second kappa shape index (κ2) is 6.89. The van der Waals surface area contributed by atoms with E-state index in [0.717, 1.165) is 12.8 Å². The minimum atomic E-state index is -0.0575. The van der Waals surface area contributed by atoms with Crippen LogP contribution in [0.5, 0.6) is 0 Å². The van der Waals surface area contributed by atoms with Gasteiger partial charge in [0.1, 0.15) is 0 Å². The van der Waals surface area contributed by atoms with E-state index in [0.29, 0.717) is 0 Å². The number of carbonyl (C=O) groups excluding carboxylic acids is 1. The highest BCUT2D eigenvalue weighted by Crippen LogP contribution is 2.24. The summed E-state index contributed by atoms with van der Waals surface area (Å²) in [4.78, 5) is 13.9. The summed E-state index contributed by atoms with van der Waals surface area (Å²) < 4.78 is 0. The second-order valence-electron chi connectivity index (χ2n) is 5.02. The van der Waals surface area contributed by atoms with Crippen LogP contribution >= 0.6 is 0 Å². The Balaban J connectivity index is 2.49. The molecule has 0 aromatic carbocycles. The summed E-state index contributed by atoms with van der Waals surface area (Å²) in [5.74, 6) is 0.419. The van der Waals surface area contributed by atoms with Crippen LogP contribution in [0.1, 0.15) is 51.9 Å². The Morgan fingerprint density at radius 3 is 2.25 bits per heavy atom. The van der Waals surface area contributed by atoms with Gasteiger partial charge in [-0.05, 0) is 19.8 Å². The zero-order valence-corrected chi connectivity index (χ0v) is 10.6. The molecule has 16 heavy (non-hydrogen) atoms. The minimum absolute atomic E-state index is 0.0506. The van der Waals surface area contributed by atoms with E-state index in [9.17, 15) is 4.79 Å². The van der Waals surface area contributed by atoms with Gasteiger partial charge in [-0.2, -0.15) is 0 Å². The zero-order valence-electron chi connectivity index (χ0n) is 10.6. The van der Waals surface area contributed by atoms with E-state index in [2.05, 4.69) is 0 Å². The summed E-state index contributed by atoms with van der Waals surface area (Å²) in [6.45, 7) is 1.94. The summed E-state index contributed by atoms with van der Waals surface area (Å²) in [5.41, 5.74) is 0. The van der Waals surface area contributed by atoms with E-state index in [1.807, 2.05) is 14.0 Å². The number of carbonyl (C=O) groups is 1. The van der Waals surface area contributed by atoms with Gasteiger partial charge < -0.3 is 10.0 Å². The first kappa shape index (κ1) is 13.5. The lowest BCUT2D eigenvalue weighted by Gasteiger charge is -2.28. The van der Waals surface area contributed by atoms with Crippen LogP contribution in [0, 0.1) is 5.92 Å². The predicted octanol–water partition coefficient (Wildman–Crippen LogP) is 2.19. The van der Waals surface area contributed by atoms with Crippen LogP contribution in [0.4, 0.5) is 0 Å². The number of aliphatic hydroxyl groups is 1. The number of rotatable bonds is 3. The molecular weight excluding hydrogens is 202 g/mol. The lowest BCUT2D eigenvalue weighted by Crippen LogP contribution is -2.41. The first-order valence-corrected chi connectivity index (χ1v) is 6.54. The standard InChI is InChI=1S/C13H25NO2/c1-11(10-15)14(2)13(16)12-8-6-4-3-5-7-9-12/h11-12,15H,3-10H2,1-2H3. The molecule has 0 heterocycles. The topological polar surface area (TPSA) is 40.5 Å². The summed E-state index contributed by atoms with van der Waals surface area (Å²) in [6, 6.07) is -0.0575. The maximum absolute atomic E-state index is 12.2. The van der Waals surface area contributed by atoms with E-state index in [1.54, 1.807) is 4.90 Å². The number of hydrogen-bond acceptors (Lipinski definition) is 2. The monoisotopic (exact) mass is 227 g/mol. The average Bonchev–Trinajstić information content (AvgIpc) is 2.26. The zero-order chi connectivity index (χ0) is 12.0. The van der Waals surface area contributed by atoms with Crippen molar-refractivity contribution in [3.63, 3.8) is 0 Å². The summed E-state index contributed by atoms with van der Waals surface area (Å²) in [5, 5.41) is 9.06. The molecule has 1 rings (SSSR count). The third kappa shape index (κ3) is 3.78. The quantitative estimate of drug-likeness (QED) is 0.803. The molecule has 1 N–H and O–H groups in total. The molecule has 0 saturated heterocycles. The van der Waals surface area contributed by atoms with Crippen molar-refractivity contribution in [1.82, 2.24) is 4.90 Å². The molecule has 1 unspecified atom stereocenters. The fourth-order valence-corrected chi connectivity index (χ4v) is 2.33. The van der Waals surface area contributed by atoms with Gasteiger partial charge in [0.05, 0.1) is 12.6 Å². The van der Waals surface area contributed by atoms with Crippen LogP contribution in [-0.2, 0) is 4.79 Å². The summed E-state index contributed by atoms with van der Waals surface area (Å²) in [7, 11) is 1.81. The molecule has 0 aliphatic heterocycles. The first-order valence-electron chi connectivity index (χ1n) is 6.54. The summed E-state index contributed by atoms with van der Waals surface area (Å²) in [6.07, 6.45) is 8.27. The molecule has 0 bridgehead atoms. The van der Waals surface area contributed by atoms with Crippen molar-refractivity contribution >= 4 is 5.91 Å². The Labute approximate surface area is 98.8 Å². The number of likely N-dealkylation sites (N-methyl/N-ethyl adjacent to an activating group) is 1. The van der Waals surface area contributed by atoms with E-state index >= 15 is 0 Å². The first-order chi connectivity index (χ1) is 7.66. The van der Waals surface area contributed by atoms with Gasteiger partial charge in [-0.15, -0.1) is 0 Å². The Morgan fingerprint density at radius 2 is 1.75 bits per heavy atom. The molecule has 0 radical (unpaired) electrons. The Kier molecular flexibility index (Phi) is 5.81. The number of amides is 1. The van der Waals surface area contributed by atoms with Crippen LogP contribution in [-0.4, -0.2) is 35.6 Å². The molecule has 1 atom stereocenters. The number of nitrogens with zero attached hydrogens (tertiary/aromatic N) is 1. The number of aliphatic hydroxyl groups excluding tert-OH is 1. The van der Waals surface area contributed by atoms with Crippen molar-refractivity contribution in [2.24, 2.45) is 5.92 Å². The highest BCUT2D eigenvalue weighted by Gasteiger charge is 2.24. The molecule has 0 aromatic heterocycles. The van der Waals surface area contributed by atoms with E-state index in [-0.39, 0.29) is 24.5 Å². The van der Waals surface area contributed by atoms with Gasteiger partial charge in [0.15, 0.2) is 0 Å². The van der Waals surface area contributed by atoms with Crippen LogP contribution < -0.4 is 0 Å². The van der Waals surface area contributed by atoms with Gasteiger partial charge in [-0.1, -0.05) is 32.1 Å². The Morgan fingerprint density at radius 1 is 1.25 bits per heavy atom. The van der Waals surface area contributed by atoms with Crippen LogP contribution in [0.25, 0.3) is 0 Å². The predicted molar refractivity (Wildman–Crippen MR) is 65.1 cm³/mol. The Bertz CT molecular complexity index is 210. The SMILES string of the molecule is CC(CO)N(C)C(=O)C1CCCCCCC1. The molecule has 3 nitrogen and oxygen atoms in total. The average molecular weight is 227 g/mol. The third-order valence-corrected chi connectivity index (χ3v) is 3.73. The van der Waals surface area contributed by atoms with Gasteiger partial charge in [0.2, 0.25) is 5.91 Å². The van der Waals surface area contributed by atoms with E-state index < -0.39 is 0 Å². The largest absolute Gasteiger partial charge is 0.394 e. The molecule has 1 amide bonds. The van der Waals surface area contributed by atoms with E-state index in [4.69, 9.17) is 5.11 Å². The van der Waals surface area contributed by atoms with Crippen molar-refractivity contribution in [2.45, 2.75) is 57.9 Å². The molecule has 1 saturated carbocycles. The van der Waals surface area contributed by atoms with Gasteiger partial charge in [-0.25, -0.2) is 0 Å². The van der Waals surface area contributed by atoms with Gasteiger partial charge in [0, 0.05) is 13.0 Å². The van der Waals surface area contributed by atoms with Crippen LogP contribution in [0.3, 0.4) is 0 Å². The minimum Gasteiger partial charge on any atom is -0.394 e. The highest BCUT2D eigenvalue weighted by molar-refractivity contribution is 5.78. The van der Waals surface area contributed by atoms with Crippen molar-refractivity contribution in [1.29, 1.82) is 0 Å². The smallest absolute Gasteiger partial charge is 0.225 e. The molecule has 1 fully saturated rings. The Hall–Kier alpha value is -0.570. The van der Waals surface area contributed by atoms with Gasteiger partial charge in [0.25, 0.3) is 0 Å². The third-order valence-electron chi connectivity index (χ3n) is 3.73. The maximum atomic E-state index is 12.2. The molecule has 3 heteroatoms. The van der Waals surface area contributed by atoms with Crippen molar-refractivity contribution in [2.75, 3.05) is 13.7 Å². The lowest BCUT2D eigenvalue weighted by atomic mass is 9.90. The van der Waals surface area contributed by atoms with Crippen molar-refractivity contribution in [3.8, 4) is 0 Å². The normalized spacial score (nSPS) is 20.9. The molecule has 0 aromatic rings. The summed E-state index contributed by atoms with van der Waals surface area (Å²) >= 11 is 0. The van der Waals surface area contributed by atoms with Crippen molar-refractivity contribution < 1.29 is 9.90 Å². The van der Waals surface area contributed by atoms with E-state index in [1.165, 1.54) is 32.1 Å². The fraction of sp³-hybridized carbons (Fsp3) is 0.923. The lowest BCUT2D eigenvalue weighted by molar-refractivity contribution is -0.137. The van der Waals surface area contributed by atoms with Crippen LogP contribution in [0.2, 0.25) is 0 Å².